The SMILES string of the molecule is CC(C)(CC(=O)O)NS(=O)(=O)C1CCS(=O)(=O)CC1. The van der Waals surface area contributed by atoms with Crippen molar-refractivity contribution in [3.8, 4) is 0 Å². The second kappa shape index (κ2) is 5.37. The Kier molecular flexibility index (Phi) is 4.63. The quantitative estimate of drug-likeness (QED) is 0.722. The van der Waals surface area contributed by atoms with E-state index in [-0.39, 0.29) is 30.8 Å². The van der Waals surface area contributed by atoms with Gasteiger partial charge in [0.05, 0.1) is 23.2 Å². The third-order valence-corrected chi connectivity index (χ3v) is 6.85. The molecule has 1 aliphatic heterocycles. The summed E-state index contributed by atoms with van der Waals surface area (Å²) >= 11 is 0. The highest BCUT2D eigenvalue weighted by Crippen LogP contribution is 2.21. The third kappa shape index (κ3) is 5.07. The standard InChI is InChI=1S/C10H19NO6S2/c1-10(2,7-9(12)13)11-19(16,17)8-3-5-18(14,15)6-4-8/h8,11H,3-7H2,1-2H3,(H,12,13). The van der Waals surface area contributed by atoms with Crippen LogP contribution in [0.1, 0.15) is 33.1 Å². The van der Waals surface area contributed by atoms with E-state index >= 15 is 0 Å². The molecule has 1 rings (SSSR count). The molecule has 1 aliphatic rings. The summed E-state index contributed by atoms with van der Waals surface area (Å²) in [6.45, 7) is 2.97. The molecule has 0 amide bonds. The van der Waals surface area contributed by atoms with Gasteiger partial charge in [0.2, 0.25) is 10.0 Å². The average Bonchev–Trinajstić information content (AvgIpc) is 2.11. The van der Waals surface area contributed by atoms with E-state index in [1.807, 2.05) is 0 Å². The highest BCUT2D eigenvalue weighted by Gasteiger charge is 2.36. The van der Waals surface area contributed by atoms with E-state index in [0.717, 1.165) is 0 Å². The summed E-state index contributed by atoms with van der Waals surface area (Å²) in [7, 11) is -6.84. The van der Waals surface area contributed by atoms with Crippen LogP contribution in [-0.4, -0.2) is 50.2 Å². The number of carboxylic acids is 1. The van der Waals surface area contributed by atoms with Crippen molar-refractivity contribution in [3.63, 3.8) is 0 Å². The zero-order valence-electron chi connectivity index (χ0n) is 10.9. The van der Waals surface area contributed by atoms with Crippen LogP contribution >= 0.6 is 0 Å². The number of hydrogen-bond donors (Lipinski definition) is 2. The molecule has 1 fully saturated rings. The van der Waals surface area contributed by atoms with E-state index in [4.69, 9.17) is 5.11 Å². The van der Waals surface area contributed by atoms with Gasteiger partial charge in [-0.05, 0) is 26.7 Å². The van der Waals surface area contributed by atoms with E-state index in [1.165, 1.54) is 13.8 Å². The lowest BCUT2D eigenvalue weighted by Gasteiger charge is -2.29. The van der Waals surface area contributed by atoms with Gasteiger partial charge < -0.3 is 5.11 Å². The lowest BCUT2D eigenvalue weighted by Crippen LogP contribution is -2.50. The van der Waals surface area contributed by atoms with Gasteiger partial charge in [-0.1, -0.05) is 0 Å². The Morgan fingerprint density at radius 1 is 1.32 bits per heavy atom. The molecule has 0 atom stereocenters. The number of sulfone groups is 1. The molecular weight excluding hydrogens is 294 g/mol. The van der Waals surface area contributed by atoms with Gasteiger partial charge in [-0.3, -0.25) is 4.79 Å². The minimum Gasteiger partial charge on any atom is -0.481 e. The fourth-order valence-corrected chi connectivity index (χ4v) is 5.72. The number of hydrogen-bond acceptors (Lipinski definition) is 5. The molecule has 0 aliphatic carbocycles. The second-order valence-corrected chi connectivity index (χ2v) is 9.72. The number of aliphatic carboxylic acids is 1. The van der Waals surface area contributed by atoms with Crippen LogP contribution in [0, 0.1) is 0 Å². The maximum atomic E-state index is 12.1. The Hall–Kier alpha value is -0.670. The van der Waals surface area contributed by atoms with Crippen molar-refractivity contribution in [2.45, 2.75) is 43.9 Å². The lowest BCUT2D eigenvalue weighted by atomic mass is 10.0. The molecule has 0 aromatic rings. The first-order chi connectivity index (χ1) is 8.44. The molecule has 1 saturated heterocycles. The van der Waals surface area contributed by atoms with Crippen molar-refractivity contribution in [3.05, 3.63) is 0 Å². The number of sulfonamides is 1. The first-order valence-electron chi connectivity index (χ1n) is 5.89. The van der Waals surface area contributed by atoms with Gasteiger partial charge in [-0.15, -0.1) is 0 Å². The molecule has 0 radical (unpaired) electrons. The highest BCUT2D eigenvalue weighted by atomic mass is 32.2. The fraction of sp³-hybridized carbons (Fsp3) is 0.900. The van der Waals surface area contributed by atoms with Crippen molar-refractivity contribution in [1.82, 2.24) is 4.72 Å². The number of carboxylic acid groups (broad SMARTS) is 1. The molecule has 0 bridgehead atoms. The first-order valence-corrected chi connectivity index (χ1v) is 9.25. The van der Waals surface area contributed by atoms with Crippen LogP contribution < -0.4 is 4.72 Å². The predicted molar refractivity (Wildman–Crippen MR) is 70.1 cm³/mol. The lowest BCUT2D eigenvalue weighted by molar-refractivity contribution is -0.138. The fourth-order valence-electron chi connectivity index (χ4n) is 2.06. The van der Waals surface area contributed by atoms with E-state index in [2.05, 4.69) is 4.72 Å². The van der Waals surface area contributed by atoms with E-state index in [1.54, 1.807) is 0 Å². The van der Waals surface area contributed by atoms with Crippen molar-refractivity contribution in [2.75, 3.05) is 11.5 Å². The van der Waals surface area contributed by atoms with Crippen LogP contribution in [0.15, 0.2) is 0 Å². The van der Waals surface area contributed by atoms with Gasteiger partial charge in [0, 0.05) is 5.54 Å². The first kappa shape index (κ1) is 16.4. The van der Waals surface area contributed by atoms with Crippen molar-refractivity contribution in [1.29, 1.82) is 0 Å². The van der Waals surface area contributed by atoms with Crippen molar-refractivity contribution >= 4 is 25.8 Å². The van der Waals surface area contributed by atoms with Crippen molar-refractivity contribution < 1.29 is 26.7 Å². The Morgan fingerprint density at radius 3 is 2.21 bits per heavy atom. The van der Waals surface area contributed by atoms with E-state index in [0.29, 0.717) is 0 Å². The van der Waals surface area contributed by atoms with E-state index < -0.39 is 36.6 Å². The molecule has 7 nitrogen and oxygen atoms in total. The molecular formula is C10H19NO6S2. The van der Waals surface area contributed by atoms with Crippen LogP contribution in [0.4, 0.5) is 0 Å². The summed E-state index contributed by atoms with van der Waals surface area (Å²) in [5.41, 5.74) is -1.10. The zero-order valence-corrected chi connectivity index (χ0v) is 12.6. The van der Waals surface area contributed by atoms with Crippen LogP contribution in [0.3, 0.4) is 0 Å². The van der Waals surface area contributed by atoms with Crippen LogP contribution in [0.2, 0.25) is 0 Å². The Labute approximate surface area is 113 Å². The number of carbonyl (C=O) groups is 1. The van der Waals surface area contributed by atoms with Crippen molar-refractivity contribution in [2.24, 2.45) is 0 Å². The summed E-state index contributed by atoms with van der Waals surface area (Å²) in [6, 6.07) is 0. The summed E-state index contributed by atoms with van der Waals surface area (Å²) in [5.74, 6) is -1.38. The smallest absolute Gasteiger partial charge is 0.305 e. The highest BCUT2D eigenvalue weighted by molar-refractivity contribution is 7.92. The Balaban J connectivity index is 2.75. The van der Waals surface area contributed by atoms with Gasteiger partial charge >= 0.3 is 5.97 Å². The largest absolute Gasteiger partial charge is 0.481 e. The van der Waals surface area contributed by atoms with E-state index in [9.17, 15) is 21.6 Å². The molecule has 0 unspecified atom stereocenters. The Bertz CT molecular complexity index is 535. The minimum atomic E-state index is -3.71. The molecule has 9 heteroatoms. The maximum Gasteiger partial charge on any atom is 0.305 e. The predicted octanol–water partition coefficient (Wildman–Crippen LogP) is -0.264. The van der Waals surface area contributed by atoms with Gasteiger partial charge in [-0.2, -0.15) is 0 Å². The summed E-state index contributed by atoms with van der Waals surface area (Å²) in [5, 5.41) is 7.94. The molecule has 2 N–H and O–H groups in total. The normalized spacial score (nSPS) is 21.2. The topological polar surface area (TPSA) is 118 Å². The minimum absolute atomic E-state index is 0.0564. The van der Waals surface area contributed by atoms with Crippen LogP contribution in [0.25, 0.3) is 0 Å². The molecule has 0 spiro atoms. The molecule has 0 aromatic carbocycles. The summed E-state index contributed by atoms with van der Waals surface area (Å²) in [6.07, 6.45) is -0.223. The molecule has 19 heavy (non-hydrogen) atoms. The number of nitrogens with one attached hydrogen (secondary N) is 1. The van der Waals surface area contributed by atoms with Gasteiger partial charge in [-0.25, -0.2) is 21.6 Å². The third-order valence-electron chi connectivity index (χ3n) is 2.95. The monoisotopic (exact) mass is 313 g/mol. The molecule has 0 aromatic heterocycles. The molecule has 0 saturated carbocycles. The second-order valence-electron chi connectivity index (χ2n) is 5.45. The summed E-state index contributed by atoms with van der Waals surface area (Å²) in [4.78, 5) is 10.6. The van der Waals surface area contributed by atoms with Gasteiger partial charge in [0.1, 0.15) is 9.84 Å². The van der Waals surface area contributed by atoms with Crippen LogP contribution in [0.5, 0.6) is 0 Å². The number of rotatable bonds is 5. The Morgan fingerprint density at radius 2 is 1.79 bits per heavy atom. The molecule has 112 valence electrons. The van der Waals surface area contributed by atoms with Gasteiger partial charge in [0.15, 0.2) is 0 Å². The maximum absolute atomic E-state index is 12.1. The summed E-state index contributed by atoms with van der Waals surface area (Å²) < 4.78 is 49.1. The molecule has 1 heterocycles. The van der Waals surface area contributed by atoms with Gasteiger partial charge in [0.25, 0.3) is 0 Å². The zero-order chi connectivity index (χ0) is 14.9. The average molecular weight is 313 g/mol. The van der Waals surface area contributed by atoms with Crippen LogP contribution in [-0.2, 0) is 24.7 Å².